The van der Waals surface area contributed by atoms with Crippen LogP contribution in [0.5, 0.6) is 0 Å². The molecule has 0 unspecified atom stereocenters. The molecule has 80 valence electrons. The molecule has 16 heavy (non-hydrogen) atoms. The van der Waals surface area contributed by atoms with E-state index in [1.54, 1.807) is 0 Å². The summed E-state index contributed by atoms with van der Waals surface area (Å²) in [4.78, 5) is 4.50. The Labute approximate surface area is 92.7 Å². The Morgan fingerprint density at radius 1 is 1.19 bits per heavy atom. The van der Waals surface area contributed by atoms with Gasteiger partial charge in [0.2, 0.25) is 0 Å². The molecule has 2 aromatic heterocycles. The van der Waals surface area contributed by atoms with E-state index in [9.17, 15) is 0 Å². The Hall–Kier alpha value is -2.07. The minimum Gasteiger partial charge on any atom is -0.326 e. The van der Waals surface area contributed by atoms with Gasteiger partial charge in [0.15, 0.2) is 5.65 Å². The van der Waals surface area contributed by atoms with Crippen LogP contribution in [0.2, 0.25) is 0 Å². The molecule has 4 nitrogen and oxygen atoms in total. The topological polar surface area (TPSA) is 59.1 Å². The van der Waals surface area contributed by atoms with Gasteiger partial charge in [-0.2, -0.15) is 0 Å². The zero-order chi connectivity index (χ0) is 11.0. The van der Waals surface area contributed by atoms with Crippen LogP contribution in [-0.2, 0) is 6.54 Å². The number of nitrogens with one attached hydrogen (secondary N) is 1. The van der Waals surface area contributed by atoms with E-state index in [2.05, 4.69) is 10.1 Å². The van der Waals surface area contributed by atoms with Gasteiger partial charge >= 0.3 is 0 Å². The predicted molar refractivity (Wildman–Crippen MR) is 62.9 cm³/mol. The molecule has 0 radical (unpaired) electrons. The van der Waals surface area contributed by atoms with Gasteiger partial charge in [0, 0.05) is 24.4 Å². The average molecular weight is 212 g/mol. The van der Waals surface area contributed by atoms with Crippen molar-refractivity contribution in [3.05, 3.63) is 48.3 Å². The maximum absolute atomic E-state index is 5.56. The van der Waals surface area contributed by atoms with Crippen LogP contribution in [0.4, 0.5) is 0 Å². The first-order valence-corrected chi connectivity index (χ1v) is 5.19. The first-order chi connectivity index (χ1) is 7.86. The van der Waals surface area contributed by atoms with Crippen molar-refractivity contribution in [2.45, 2.75) is 6.54 Å². The molecule has 0 saturated carbocycles. The molecule has 4 heteroatoms. The number of imidazole rings is 1. The lowest BCUT2D eigenvalue weighted by Crippen LogP contribution is -1.95. The van der Waals surface area contributed by atoms with Crippen LogP contribution < -0.4 is 5.73 Å². The van der Waals surface area contributed by atoms with Crippen molar-refractivity contribution in [1.82, 2.24) is 14.6 Å². The smallest absolute Gasteiger partial charge is 0.153 e. The number of hydrogen-bond acceptors (Lipinski definition) is 2. The third kappa shape index (κ3) is 1.40. The highest BCUT2D eigenvalue weighted by Crippen LogP contribution is 2.19. The molecule has 3 aromatic rings. The third-order valence-electron chi connectivity index (χ3n) is 2.66. The van der Waals surface area contributed by atoms with Crippen molar-refractivity contribution >= 4 is 5.65 Å². The highest BCUT2D eigenvalue weighted by Gasteiger charge is 2.04. The lowest BCUT2D eigenvalue weighted by atomic mass is 10.1. The van der Waals surface area contributed by atoms with Gasteiger partial charge in [0.1, 0.15) is 0 Å². The molecule has 3 N–H and O–H groups in total. The van der Waals surface area contributed by atoms with Gasteiger partial charge in [0.25, 0.3) is 0 Å². The lowest BCUT2D eigenvalue weighted by molar-refractivity contribution is 0.974. The monoisotopic (exact) mass is 212 g/mol. The number of benzene rings is 1. The van der Waals surface area contributed by atoms with Crippen molar-refractivity contribution in [2.24, 2.45) is 5.73 Å². The Morgan fingerprint density at radius 2 is 2.00 bits per heavy atom. The molecule has 3 rings (SSSR count). The van der Waals surface area contributed by atoms with Crippen LogP contribution in [0.15, 0.2) is 42.7 Å². The summed E-state index contributed by atoms with van der Waals surface area (Å²) < 4.78 is 1.90. The molecule has 2 heterocycles. The maximum Gasteiger partial charge on any atom is 0.153 e. The maximum atomic E-state index is 5.56. The lowest BCUT2D eigenvalue weighted by Gasteiger charge is -1.98. The van der Waals surface area contributed by atoms with E-state index in [0.29, 0.717) is 6.54 Å². The van der Waals surface area contributed by atoms with Crippen molar-refractivity contribution in [1.29, 1.82) is 0 Å². The summed E-state index contributed by atoms with van der Waals surface area (Å²) in [6, 6.07) is 10.1. The fraction of sp³-hybridized carbons (Fsp3) is 0.0833. The van der Waals surface area contributed by atoms with Crippen LogP contribution in [0.25, 0.3) is 16.9 Å². The van der Waals surface area contributed by atoms with Gasteiger partial charge < -0.3 is 10.8 Å². The molecular formula is C12H12N4. The Morgan fingerprint density at radius 3 is 2.69 bits per heavy atom. The molecule has 0 bridgehead atoms. The molecule has 0 aliphatic heterocycles. The van der Waals surface area contributed by atoms with E-state index in [4.69, 9.17) is 5.73 Å². The summed E-state index contributed by atoms with van der Waals surface area (Å²) in [5.74, 6) is 0. The minimum atomic E-state index is 0.574. The largest absolute Gasteiger partial charge is 0.326 e. The number of H-pyrrole nitrogens is 1. The van der Waals surface area contributed by atoms with Crippen molar-refractivity contribution in [3.8, 4) is 11.3 Å². The quantitative estimate of drug-likeness (QED) is 0.680. The number of hydrogen-bond donors (Lipinski definition) is 2. The second kappa shape index (κ2) is 3.50. The number of aromatic nitrogens is 3. The zero-order valence-electron chi connectivity index (χ0n) is 8.72. The normalized spacial score (nSPS) is 11.1. The van der Waals surface area contributed by atoms with Gasteiger partial charge in [-0.1, -0.05) is 24.3 Å². The van der Waals surface area contributed by atoms with E-state index in [-0.39, 0.29) is 0 Å². The molecular weight excluding hydrogens is 200 g/mol. The molecule has 0 saturated heterocycles. The Kier molecular flexibility index (Phi) is 2.01. The van der Waals surface area contributed by atoms with E-state index < -0.39 is 0 Å². The van der Waals surface area contributed by atoms with E-state index in [1.807, 2.05) is 47.2 Å². The van der Waals surface area contributed by atoms with Gasteiger partial charge in [0.05, 0.1) is 11.9 Å². The summed E-state index contributed by atoms with van der Waals surface area (Å²) in [5, 5.41) is 3.07. The first kappa shape index (κ1) is 9.18. The zero-order valence-corrected chi connectivity index (χ0v) is 8.72. The first-order valence-electron chi connectivity index (χ1n) is 5.19. The number of nitrogens with two attached hydrogens (primary N) is 1. The van der Waals surface area contributed by atoms with E-state index >= 15 is 0 Å². The number of rotatable bonds is 2. The second-order valence-corrected chi connectivity index (χ2v) is 3.72. The van der Waals surface area contributed by atoms with Gasteiger partial charge in [-0.15, -0.1) is 0 Å². The molecule has 0 spiro atoms. The molecule has 0 fully saturated rings. The van der Waals surface area contributed by atoms with Gasteiger partial charge in [-0.25, -0.2) is 9.50 Å². The van der Waals surface area contributed by atoms with Crippen molar-refractivity contribution < 1.29 is 0 Å². The Bertz CT molecular complexity index is 575. The van der Waals surface area contributed by atoms with Crippen LogP contribution >= 0.6 is 0 Å². The summed E-state index contributed by atoms with van der Waals surface area (Å²) in [6.45, 7) is 0.574. The van der Waals surface area contributed by atoms with E-state index in [1.165, 1.54) is 0 Å². The van der Waals surface area contributed by atoms with E-state index in [0.717, 1.165) is 22.5 Å². The predicted octanol–water partition coefficient (Wildman–Crippen LogP) is 1.79. The molecule has 0 amide bonds. The van der Waals surface area contributed by atoms with Crippen molar-refractivity contribution in [3.63, 3.8) is 0 Å². The standard InChI is InChI=1S/C12H12N4/c13-7-9-1-3-10(4-2-9)11-8-16-12(15-11)5-6-14-16/h1-6,8,14H,7,13H2. The summed E-state index contributed by atoms with van der Waals surface area (Å²) in [7, 11) is 0. The number of aromatic amines is 1. The average Bonchev–Trinajstić information content (AvgIpc) is 2.89. The van der Waals surface area contributed by atoms with Gasteiger partial charge in [-0.05, 0) is 5.56 Å². The summed E-state index contributed by atoms with van der Waals surface area (Å²) in [6.07, 6.45) is 3.84. The number of nitrogens with zero attached hydrogens (tertiary/aromatic N) is 2. The fourth-order valence-corrected chi connectivity index (χ4v) is 1.76. The summed E-state index contributed by atoms with van der Waals surface area (Å²) in [5.41, 5.74) is 9.69. The van der Waals surface area contributed by atoms with Crippen LogP contribution in [-0.4, -0.2) is 14.6 Å². The minimum absolute atomic E-state index is 0.574. The van der Waals surface area contributed by atoms with Crippen molar-refractivity contribution in [2.75, 3.05) is 0 Å². The SMILES string of the molecule is NCc1ccc(-c2cn3[nH]ccc3n2)cc1. The highest BCUT2D eigenvalue weighted by atomic mass is 15.2. The number of fused-ring (bicyclic) bond motifs is 1. The molecule has 0 aliphatic rings. The summed E-state index contributed by atoms with van der Waals surface area (Å²) >= 11 is 0. The van der Waals surface area contributed by atoms with Crippen LogP contribution in [0.3, 0.4) is 0 Å². The molecule has 0 aliphatic carbocycles. The molecule has 0 atom stereocenters. The highest BCUT2D eigenvalue weighted by molar-refractivity contribution is 5.62. The fourth-order valence-electron chi connectivity index (χ4n) is 1.76. The van der Waals surface area contributed by atoms with Gasteiger partial charge in [-0.3, -0.25) is 0 Å². The third-order valence-corrected chi connectivity index (χ3v) is 2.66. The van der Waals surface area contributed by atoms with Crippen LogP contribution in [0.1, 0.15) is 5.56 Å². The molecule has 1 aromatic carbocycles. The second-order valence-electron chi connectivity index (χ2n) is 3.72. The Balaban J connectivity index is 2.05. The van der Waals surface area contributed by atoms with Crippen LogP contribution in [0, 0.1) is 0 Å².